The van der Waals surface area contributed by atoms with Crippen molar-refractivity contribution in [3.8, 4) is 0 Å². The van der Waals surface area contributed by atoms with Gasteiger partial charge in [-0.25, -0.2) is 9.78 Å². The van der Waals surface area contributed by atoms with Gasteiger partial charge in [-0.15, -0.1) is 0 Å². The maximum absolute atomic E-state index is 13.1. The Labute approximate surface area is 199 Å². The Kier molecular flexibility index (Phi) is 6.83. The van der Waals surface area contributed by atoms with Crippen molar-refractivity contribution < 1.29 is 23.5 Å². The average Bonchev–Trinajstić information content (AvgIpc) is 3.26. The third-order valence-corrected chi connectivity index (χ3v) is 7.57. The van der Waals surface area contributed by atoms with E-state index in [-0.39, 0.29) is 17.7 Å². The number of likely N-dealkylation sites (tertiary alicyclic amines) is 1. The van der Waals surface area contributed by atoms with Crippen molar-refractivity contribution in [3.05, 3.63) is 30.2 Å². The van der Waals surface area contributed by atoms with E-state index in [1.165, 1.54) is 19.3 Å². The van der Waals surface area contributed by atoms with Crippen molar-refractivity contribution in [2.45, 2.75) is 75.9 Å². The zero-order chi connectivity index (χ0) is 23.5. The molecule has 3 fully saturated rings. The van der Waals surface area contributed by atoms with E-state index < -0.39 is 18.2 Å². The molecule has 1 aliphatic heterocycles. The number of fused-ring (bicyclic) bond motifs is 1. The molecule has 182 valence electrons. The minimum Gasteiger partial charge on any atom is -0.440 e. The smallest absolute Gasteiger partial charge is 0.408 e. The molecular weight excluding hydrogens is 434 g/mol. The molecule has 3 unspecified atom stereocenters. The lowest BCUT2D eigenvalue weighted by Crippen LogP contribution is -2.49. The van der Waals surface area contributed by atoms with Crippen LogP contribution in [0.15, 0.2) is 28.7 Å². The molecule has 4 atom stereocenters. The number of rotatable bonds is 8. The molecule has 8 nitrogen and oxygen atoms in total. The lowest BCUT2D eigenvalue weighted by Gasteiger charge is -2.29. The third kappa shape index (κ3) is 5.10. The summed E-state index contributed by atoms with van der Waals surface area (Å²) in [5, 5.41) is 2.81. The number of nitrogens with zero attached hydrogens (tertiary/aromatic N) is 2. The van der Waals surface area contributed by atoms with Gasteiger partial charge in [-0.1, -0.05) is 44.2 Å². The summed E-state index contributed by atoms with van der Waals surface area (Å²) >= 11 is 0. The molecule has 2 aliphatic carbocycles. The molecule has 1 saturated heterocycles. The van der Waals surface area contributed by atoms with Crippen LogP contribution in [0.2, 0.25) is 0 Å². The fourth-order valence-electron chi connectivity index (χ4n) is 5.56. The molecule has 2 amide bonds. The molecule has 3 aliphatic rings. The first-order valence-electron chi connectivity index (χ1n) is 12.7. The lowest BCUT2D eigenvalue weighted by molar-refractivity contribution is -0.132. The molecule has 0 radical (unpaired) electrons. The predicted octanol–water partition coefficient (Wildman–Crippen LogP) is 4.19. The SMILES string of the molecule is O=CC(OC(=O)N[C@@H](CC1CCCCC1)C(=O)N1CCCC1)C1CC1c1nc2ccccc2o1. The number of ether oxygens (including phenoxy) is 1. The second-order valence-corrected chi connectivity index (χ2v) is 10.0. The van der Waals surface area contributed by atoms with E-state index in [2.05, 4.69) is 10.3 Å². The van der Waals surface area contributed by atoms with Crippen LogP contribution in [0.4, 0.5) is 4.79 Å². The van der Waals surface area contributed by atoms with Crippen LogP contribution in [0.5, 0.6) is 0 Å². The Bertz CT molecular complexity index is 991. The van der Waals surface area contributed by atoms with Crippen LogP contribution in [0.3, 0.4) is 0 Å². The maximum Gasteiger partial charge on any atom is 0.408 e. The van der Waals surface area contributed by atoms with Crippen LogP contribution in [0.25, 0.3) is 11.1 Å². The number of benzene rings is 1. The number of amides is 2. The van der Waals surface area contributed by atoms with E-state index in [1.807, 2.05) is 29.2 Å². The minimum absolute atomic E-state index is 0.0292. The Morgan fingerprint density at radius 2 is 1.91 bits per heavy atom. The third-order valence-electron chi connectivity index (χ3n) is 7.57. The van der Waals surface area contributed by atoms with Gasteiger partial charge in [0.2, 0.25) is 5.91 Å². The van der Waals surface area contributed by atoms with E-state index in [9.17, 15) is 14.4 Å². The van der Waals surface area contributed by atoms with Crippen LogP contribution in [-0.4, -0.2) is 53.4 Å². The molecule has 5 rings (SSSR count). The largest absolute Gasteiger partial charge is 0.440 e. The van der Waals surface area contributed by atoms with Crippen molar-refractivity contribution in [1.82, 2.24) is 15.2 Å². The number of hydrogen-bond donors (Lipinski definition) is 1. The minimum atomic E-state index is -0.891. The molecular formula is C26H33N3O5. The molecule has 0 spiro atoms. The number of hydrogen-bond acceptors (Lipinski definition) is 6. The van der Waals surface area contributed by atoms with Gasteiger partial charge in [0.25, 0.3) is 0 Å². The fraction of sp³-hybridized carbons (Fsp3) is 0.615. The van der Waals surface area contributed by atoms with Crippen molar-refractivity contribution in [1.29, 1.82) is 0 Å². The van der Waals surface area contributed by atoms with Gasteiger partial charge >= 0.3 is 6.09 Å². The van der Waals surface area contributed by atoms with Crippen LogP contribution >= 0.6 is 0 Å². The zero-order valence-corrected chi connectivity index (χ0v) is 19.5. The Balaban J connectivity index is 1.20. The van der Waals surface area contributed by atoms with Crippen LogP contribution in [-0.2, 0) is 14.3 Å². The molecule has 34 heavy (non-hydrogen) atoms. The summed E-state index contributed by atoms with van der Waals surface area (Å²) in [7, 11) is 0. The molecule has 1 aromatic carbocycles. The number of aldehydes is 1. The summed E-state index contributed by atoms with van der Waals surface area (Å²) in [6.07, 6.45) is 8.14. The van der Waals surface area contributed by atoms with Crippen LogP contribution < -0.4 is 5.32 Å². The number of para-hydroxylation sites is 2. The van der Waals surface area contributed by atoms with Crippen molar-refractivity contribution in [2.24, 2.45) is 11.8 Å². The van der Waals surface area contributed by atoms with E-state index in [0.29, 0.717) is 36.5 Å². The van der Waals surface area contributed by atoms with E-state index in [1.54, 1.807) is 0 Å². The van der Waals surface area contributed by atoms with Gasteiger partial charge in [0.1, 0.15) is 11.6 Å². The number of alkyl carbamates (subject to hydrolysis) is 1. The summed E-state index contributed by atoms with van der Waals surface area (Å²) in [6, 6.07) is 6.91. The zero-order valence-electron chi connectivity index (χ0n) is 19.5. The number of aromatic nitrogens is 1. The first kappa shape index (κ1) is 22.9. The quantitative estimate of drug-likeness (QED) is 0.584. The van der Waals surface area contributed by atoms with Crippen molar-refractivity contribution in [2.75, 3.05) is 13.1 Å². The highest BCUT2D eigenvalue weighted by Gasteiger charge is 2.49. The highest BCUT2D eigenvalue weighted by atomic mass is 16.6. The Morgan fingerprint density at radius 1 is 1.15 bits per heavy atom. The fourth-order valence-corrected chi connectivity index (χ4v) is 5.56. The lowest BCUT2D eigenvalue weighted by atomic mass is 9.84. The molecule has 1 aromatic heterocycles. The summed E-state index contributed by atoms with van der Waals surface area (Å²) in [5.41, 5.74) is 1.48. The Morgan fingerprint density at radius 3 is 2.65 bits per heavy atom. The maximum atomic E-state index is 13.1. The van der Waals surface area contributed by atoms with E-state index in [0.717, 1.165) is 44.3 Å². The monoisotopic (exact) mass is 467 g/mol. The van der Waals surface area contributed by atoms with Gasteiger partial charge in [0.05, 0.1) is 0 Å². The van der Waals surface area contributed by atoms with E-state index >= 15 is 0 Å². The molecule has 2 aromatic rings. The van der Waals surface area contributed by atoms with Gasteiger partial charge in [-0.05, 0) is 43.7 Å². The standard InChI is InChI=1S/C26H33N3O5/c30-16-23(18-15-19(18)24-27-20-10-4-5-11-22(20)33-24)34-26(32)28-21(14-17-8-2-1-3-9-17)25(31)29-12-6-7-13-29/h4-5,10-11,16-19,21,23H,1-3,6-9,12-15H2,(H,28,32)/t18?,19?,21-,23?/m0/s1. The molecule has 0 bridgehead atoms. The number of oxazole rings is 1. The Hall–Kier alpha value is -2.90. The molecule has 8 heteroatoms. The highest BCUT2D eigenvalue weighted by molar-refractivity contribution is 5.86. The van der Waals surface area contributed by atoms with Gasteiger partial charge in [-0.2, -0.15) is 0 Å². The average molecular weight is 468 g/mol. The number of carbonyl (C=O) groups excluding carboxylic acids is 3. The topological polar surface area (TPSA) is 102 Å². The second kappa shape index (κ2) is 10.2. The summed E-state index contributed by atoms with van der Waals surface area (Å²) in [4.78, 5) is 44.1. The normalized spacial score (nSPS) is 24.5. The first-order chi connectivity index (χ1) is 16.6. The van der Waals surface area contributed by atoms with Crippen LogP contribution in [0.1, 0.15) is 69.6 Å². The van der Waals surface area contributed by atoms with Crippen molar-refractivity contribution in [3.63, 3.8) is 0 Å². The second-order valence-electron chi connectivity index (χ2n) is 10.0. The van der Waals surface area contributed by atoms with Crippen molar-refractivity contribution >= 4 is 29.4 Å². The molecule has 1 N–H and O–H groups in total. The first-order valence-corrected chi connectivity index (χ1v) is 12.7. The number of carbonyl (C=O) groups is 3. The predicted molar refractivity (Wildman–Crippen MR) is 125 cm³/mol. The van der Waals surface area contributed by atoms with Crippen LogP contribution in [0, 0.1) is 11.8 Å². The van der Waals surface area contributed by atoms with Gasteiger partial charge < -0.3 is 19.4 Å². The van der Waals surface area contributed by atoms with Gasteiger partial charge in [0.15, 0.2) is 23.9 Å². The highest BCUT2D eigenvalue weighted by Crippen LogP contribution is 2.50. The van der Waals surface area contributed by atoms with E-state index in [4.69, 9.17) is 9.15 Å². The van der Waals surface area contributed by atoms with Gasteiger partial charge in [-0.3, -0.25) is 9.59 Å². The van der Waals surface area contributed by atoms with Gasteiger partial charge in [0, 0.05) is 24.9 Å². The number of nitrogens with one attached hydrogen (secondary N) is 1. The summed E-state index contributed by atoms with van der Waals surface area (Å²) in [6.45, 7) is 1.48. The summed E-state index contributed by atoms with van der Waals surface area (Å²) < 4.78 is 11.3. The molecule has 2 heterocycles. The molecule has 2 saturated carbocycles. The summed E-state index contributed by atoms with van der Waals surface area (Å²) in [5.74, 6) is 0.751.